The molecule has 3 N–H and O–H groups in total. The average Bonchev–Trinajstić information content (AvgIpc) is 2.94. The first-order valence-corrected chi connectivity index (χ1v) is 7.11. The molecule has 2 heterocycles. The van der Waals surface area contributed by atoms with Crippen LogP contribution in [0, 0.1) is 6.92 Å². The van der Waals surface area contributed by atoms with E-state index in [0.29, 0.717) is 12.5 Å². The maximum Gasteiger partial charge on any atom is 0.224 e. The topological polar surface area (TPSA) is 74.9 Å². The third-order valence-electron chi connectivity index (χ3n) is 3.42. The summed E-state index contributed by atoms with van der Waals surface area (Å²) >= 11 is 0. The third kappa shape index (κ3) is 2.95. The lowest BCUT2D eigenvalue weighted by Gasteiger charge is -2.07. The minimum absolute atomic E-state index is 0.615. The van der Waals surface area contributed by atoms with Crippen LogP contribution in [-0.4, -0.2) is 29.1 Å². The molecule has 0 unspecified atom stereocenters. The predicted octanol–water partition coefficient (Wildman–Crippen LogP) is 2.93. The Balaban J connectivity index is 1.77. The van der Waals surface area contributed by atoms with E-state index in [1.807, 2.05) is 38.2 Å². The van der Waals surface area contributed by atoms with E-state index in [4.69, 9.17) is 4.74 Å². The number of anilines is 2. The highest BCUT2D eigenvalue weighted by Gasteiger charge is 2.04. The summed E-state index contributed by atoms with van der Waals surface area (Å²) in [5, 5.41) is 7.40. The van der Waals surface area contributed by atoms with E-state index in [-0.39, 0.29) is 0 Å². The number of aromatic amines is 1. The fourth-order valence-corrected chi connectivity index (χ4v) is 2.35. The quantitative estimate of drug-likeness (QED) is 0.675. The number of aromatic nitrogens is 3. The number of H-pyrrole nitrogens is 1. The van der Waals surface area contributed by atoms with Crippen LogP contribution in [0.5, 0.6) is 5.75 Å². The highest BCUT2D eigenvalue weighted by molar-refractivity contribution is 5.82. The number of benzene rings is 1. The molecule has 0 aliphatic carbocycles. The highest BCUT2D eigenvalue weighted by atomic mass is 16.5. The van der Waals surface area contributed by atoms with Crippen molar-refractivity contribution in [2.75, 3.05) is 24.8 Å². The third-order valence-corrected chi connectivity index (χ3v) is 3.42. The summed E-state index contributed by atoms with van der Waals surface area (Å²) in [5.74, 6) is 2.27. The molecule has 0 fully saturated rings. The Kier molecular flexibility index (Phi) is 3.82. The van der Waals surface area contributed by atoms with Crippen molar-refractivity contribution in [2.45, 2.75) is 13.5 Å². The van der Waals surface area contributed by atoms with Gasteiger partial charge >= 0.3 is 0 Å². The molecular formula is C16H19N5O. The van der Waals surface area contributed by atoms with Crippen molar-refractivity contribution in [3.63, 3.8) is 0 Å². The van der Waals surface area contributed by atoms with E-state index in [0.717, 1.165) is 33.9 Å². The highest BCUT2D eigenvalue weighted by Crippen LogP contribution is 2.22. The van der Waals surface area contributed by atoms with Crippen molar-refractivity contribution < 1.29 is 4.74 Å². The molecule has 6 heteroatoms. The van der Waals surface area contributed by atoms with Gasteiger partial charge in [-0.15, -0.1) is 0 Å². The average molecular weight is 297 g/mol. The molecular weight excluding hydrogens is 278 g/mol. The summed E-state index contributed by atoms with van der Waals surface area (Å²) in [5.41, 5.74) is 3.10. The van der Waals surface area contributed by atoms with Crippen molar-refractivity contribution in [3.05, 3.63) is 41.7 Å². The molecule has 0 bridgehead atoms. The Morgan fingerprint density at radius 2 is 2.05 bits per heavy atom. The van der Waals surface area contributed by atoms with Gasteiger partial charge in [-0.2, -0.15) is 4.98 Å². The number of aryl methyl sites for hydroxylation is 1. The van der Waals surface area contributed by atoms with Gasteiger partial charge in [0.25, 0.3) is 0 Å². The number of fused-ring (bicyclic) bond motifs is 1. The van der Waals surface area contributed by atoms with Crippen molar-refractivity contribution in [2.24, 2.45) is 0 Å². The summed E-state index contributed by atoms with van der Waals surface area (Å²) in [7, 11) is 3.48. The second-order valence-electron chi connectivity index (χ2n) is 5.07. The summed E-state index contributed by atoms with van der Waals surface area (Å²) in [4.78, 5) is 12.0. The molecule has 0 radical (unpaired) electrons. The maximum absolute atomic E-state index is 5.25. The Morgan fingerprint density at radius 1 is 1.18 bits per heavy atom. The standard InChI is InChI=1S/C16H19N5O/c1-10-6-15(21-16(17-2)19-10)18-9-12-7-11-8-13(22-3)4-5-14(11)20-12/h4-8,20H,9H2,1-3H3,(H2,17,18,19,21). The monoisotopic (exact) mass is 297 g/mol. The van der Waals surface area contributed by atoms with E-state index in [9.17, 15) is 0 Å². The largest absolute Gasteiger partial charge is 0.497 e. The zero-order chi connectivity index (χ0) is 15.5. The summed E-state index contributed by atoms with van der Waals surface area (Å²) in [6, 6.07) is 10.0. The molecule has 0 saturated heterocycles. The molecule has 0 spiro atoms. The fourth-order valence-electron chi connectivity index (χ4n) is 2.35. The Morgan fingerprint density at radius 3 is 2.82 bits per heavy atom. The Hall–Kier alpha value is -2.76. The summed E-state index contributed by atoms with van der Waals surface area (Å²) in [6.45, 7) is 2.61. The van der Waals surface area contributed by atoms with Gasteiger partial charge in [0.1, 0.15) is 11.6 Å². The second-order valence-corrected chi connectivity index (χ2v) is 5.07. The van der Waals surface area contributed by atoms with E-state index in [2.05, 4.69) is 31.7 Å². The van der Waals surface area contributed by atoms with Gasteiger partial charge < -0.3 is 20.4 Å². The van der Waals surface area contributed by atoms with Crippen molar-refractivity contribution in [1.82, 2.24) is 15.0 Å². The van der Waals surface area contributed by atoms with E-state index >= 15 is 0 Å². The van der Waals surface area contributed by atoms with Crippen LogP contribution in [-0.2, 0) is 6.54 Å². The minimum Gasteiger partial charge on any atom is -0.497 e. The normalized spacial score (nSPS) is 10.7. The van der Waals surface area contributed by atoms with Crippen LogP contribution in [0.4, 0.5) is 11.8 Å². The van der Waals surface area contributed by atoms with E-state index < -0.39 is 0 Å². The number of rotatable bonds is 5. The molecule has 0 aliphatic heterocycles. The maximum atomic E-state index is 5.25. The lowest BCUT2D eigenvalue weighted by molar-refractivity contribution is 0.415. The van der Waals surface area contributed by atoms with Crippen LogP contribution in [0.25, 0.3) is 10.9 Å². The lowest BCUT2D eigenvalue weighted by Crippen LogP contribution is -2.05. The molecule has 0 atom stereocenters. The Bertz CT molecular complexity index is 796. The first kappa shape index (κ1) is 14.2. The van der Waals surface area contributed by atoms with E-state index in [1.54, 1.807) is 7.11 Å². The molecule has 1 aromatic carbocycles. The number of nitrogens with one attached hydrogen (secondary N) is 3. The zero-order valence-electron chi connectivity index (χ0n) is 12.9. The van der Waals surface area contributed by atoms with Gasteiger partial charge in [0.05, 0.1) is 13.7 Å². The molecule has 0 saturated carbocycles. The van der Waals surface area contributed by atoms with Crippen LogP contribution in [0.2, 0.25) is 0 Å². The van der Waals surface area contributed by atoms with Crippen molar-refractivity contribution >= 4 is 22.7 Å². The molecule has 0 aliphatic rings. The molecule has 2 aromatic heterocycles. The smallest absolute Gasteiger partial charge is 0.224 e. The van der Waals surface area contributed by atoms with Gasteiger partial charge in [0.15, 0.2) is 0 Å². The van der Waals surface area contributed by atoms with E-state index in [1.165, 1.54) is 0 Å². The molecule has 0 amide bonds. The number of hydrogen-bond acceptors (Lipinski definition) is 5. The van der Waals surface area contributed by atoms with Crippen LogP contribution >= 0.6 is 0 Å². The molecule has 114 valence electrons. The summed E-state index contributed by atoms with van der Waals surface area (Å²) < 4.78 is 5.25. The molecule has 3 aromatic rings. The Labute approximate surface area is 128 Å². The van der Waals surface area contributed by atoms with Gasteiger partial charge in [0.2, 0.25) is 5.95 Å². The van der Waals surface area contributed by atoms with Crippen LogP contribution in [0.3, 0.4) is 0 Å². The second kappa shape index (κ2) is 5.93. The van der Waals surface area contributed by atoms with Gasteiger partial charge in [0, 0.05) is 35.4 Å². The van der Waals surface area contributed by atoms with Crippen LogP contribution in [0.15, 0.2) is 30.3 Å². The van der Waals surface area contributed by atoms with Gasteiger partial charge in [-0.3, -0.25) is 0 Å². The van der Waals surface area contributed by atoms with Crippen LogP contribution < -0.4 is 15.4 Å². The molecule has 3 rings (SSSR count). The molecule has 22 heavy (non-hydrogen) atoms. The first-order valence-electron chi connectivity index (χ1n) is 7.11. The lowest BCUT2D eigenvalue weighted by atomic mass is 10.2. The number of hydrogen-bond donors (Lipinski definition) is 3. The number of methoxy groups -OCH3 is 1. The predicted molar refractivity (Wildman–Crippen MR) is 88.5 cm³/mol. The first-order chi connectivity index (χ1) is 10.7. The number of nitrogens with zero attached hydrogens (tertiary/aromatic N) is 2. The van der Waals surface area contributed by atoms with Crippen molar-refractivity contribution in [3.8, 4) is 5.75 Å². The van der Waals surface area contributed by atoms with Gasteiger partial charge in [-0.05, 0) is 31.2 Å². The zero-order valence-corrected chi connectivity index (χ0v) is 12.9. The van der Waals surface area contributed by atoms with Crippen LogP contribution in [0.1, 0.15) is 11.4 Å². The molecule has 6 nitrogen and oxygen atoms in total. The number of ether oxygens (including phenoxy) is 1. The minimum atomic E-state index is 0.615. The van der Waals surface area contributed by atoms with Crippen molar-refractivity contribution in [1.29, 1.82) is 0 Å². The van der Waals surface area contributed by atoms with Gasteiger partial charge in [-0.25, -0.2) is 4.98 Å². The van der Waals surface area contributed by atoms with Gasteiger partial charge in [-0.1, -0.05) is 0 Å². The fraction of sp³-hybridized carbons (Fsp3) is 0.250. The summed E-state index contributed by atoms with van der Waals surface area (Å²) in [6.07, 6.45) is 0. The SMILES string of the molecule is CNc1nc(C)cc(NCc2cc3cc(OC)ccc3[nH]2)n1.